The predicted octanol–water partition coefficient (Wildman–Crippen LogP) is -0.268. The van der Waals surface area contributed by atoms with Gasteiger partial charge in [0.1, 0.15) is 0 Å². The van der Waals surface area contributed by atoms with E-state index >= 15 is 0 Å². The van der Waals surface area contributed by atoms with Crippen LogP contribution in [0.1, 0.15) is 31.1 Å². The molecule has 1 rings (SSSR count). The van der Waals surface area contributed by atoms with Gasteiger partial charge in [0.2, 0.25) is 0 Å². The van der Waals surface area contributed by atoms with Gasteiger partial charge in [0.15, 0.2) is 0 Å². The van der Waals surface area contributed by atoms with E-state index in [0.29, 0.717) is 17.6 Å². The second kappa shape index (κ2) is 10.5. The average molecular weight is 266 g/mol. The first-order valence-corrected chi connectivity index (χ1v) is 6.51. The van der Waals surface area contributed by atoms with Gasteiger partial charge in [0, 0.05) is 12.1 Å². The van der Waals surface area contributed by atoms with Crippen molar-refractivity contribution in [2.24, 2.45) is 0 Å². The van der Waals surface area contributed by atoms with Crippen LogP contribution in [0.5, 0.6) is 0 Å². The fourth-order valence-corrected chi connectivity index (χ4v) is 1.35. The molecule has 0 fully saturated rings. The van der Waals surface area contributed by atoms with E-state index in [2.05, 4.69) is 24.5 Å². The molecule has 106 valence electrons. The monoisotopic (exact) mass is 266 g/mol. The first-order valence-electron chi connectivity index (χ1n) is 6.51. The minimum atomic E-state index is -1.54. The summed E-state index contributed by atoms with van der Waals surface area (Å²) in [4.78, 5) is 11.3. The van der Waals surface area contributed by atoms with Crippen molar-refractivity contribution in [2.45, 2.75) is 20.8 Å². The molecule has 5 nitrogen and oxygen atoms in total. The van der Waals surface area contributed by atoms with Crippen molar-refractivity contribution in [3.63, 3.8) is 0 Å². The molecular weight excluding hydrogens is 243 g/mol. The van der Waals surface area contributed by atoms with E-state index in [4.69, 9.17) is 10.0 Å². The molecule has 0 aliphatic rings. The Morgan fingerprint density at radius 2 is 1.79 bits per heavy atom. The van der Waals surface area contributed by atoms with Crippen LogP contribution in [-0.4, -0.2) is 42.7 Å². The molecule has 1 aromatic carbocycles. The Kier molecular flexibility index (Phi) is 9.79. The predicted molar refractivity (Wildman–Crippen MR) is 78.5 cm³/mol. The van der Waals surface area contributed by atoms with Crippen molar-refractivity contribution in [3.05, 3.63) is 29.8 Å². The average Bonchev–Trinajstić information content (AvgIpc) is 2.41. The fraction of sp³-hybridized carbons (Fsp3) is 0.462. The molecule has 0 aliphatic carbocycles. The summed E-state index contributed by atoms with van der Waals surface area (Å²) >= 11 is 0. The molecule has 0 aliphatic heterocycles. The number of amides is 1. The smallest absolute Gasteiger partial charge is 0.423 e. The van der Waals surface area contributed by atoms with Crippen LogP contribution < -0.4 is 16.1 Å². The topological polar surface area (TPSA) is 81.6 Å². The highest BCUT2D eigenvalue weighted by Gasteiger charge is 2.12. The standard InChI is InChI=1S/C9H12BNO3.C4H11N/c1-2-11-9(12)7-4-3-5-8(6-7)10(13)14;1-3-5-4-2/h3-6,13-14H,2H2,1H3,(H,11,12);5H,3-4H2,1-2H3. The lowest BCUT2D eigenvalue weighted by molar-refractivity contribution is 0.0956. The molecule has 6 heteroatoms. The number of benzene rings is 1. The van der Waals surface area contributed by atoms with Gasteiger partial charge in [-0.2, -0.15) is 0 Å². The Bertz CT molecular complexity index is 371. The SMILES string of the molecule is CCNC(=O)c1cccc(B(O)O)c1.CCNCC. The molecule has 0 heterocycles. The van der Waals surface area contributed by atoms with E-state index < -0.39 is 7.12 Å². The Balaban J connectivity index is 0.000000555. The van der Waals surface area contributed by atoms with Crippen molar-refractivity contribution in [1.82, 2.24) is 10.6 Å². The summed E-state index contributed by atoms with van der Waals surface area (Å²) in [6.07, 6.45) is 0. The minimum Gasteiger partial charge on any atom is -0.423 e. The van der Waals surface area contributed by atoms with Gasteiger partial charge in [0.05, 0.1) is 0 Å². The van der Waals surface area contributed by atoms with Crippen LogP contribution >= 0.6 is 0 Å². The Hall–Kier alpha value is -1.37. The molecule has 0 saturated heterocycles. The van der Waals surface area contributed by atoms with Gasteiger partial charge in [0.25, 0.3) is 5.91 Å². The molecule has 1 aromatic rings. The van der Waals surface area contributed by atoms with E-state index in [1.165, 1.54) is 6.07 Å². The summed E-state index contributed by atoms with van der Waals surface area (Å²) < 4.78 is 0. The molecular formula is C13H23BN2O3. The molecule has 0 unspecified atom stereocenters. The summed E-state index contributed by atoms with van der Waals surface area (Å²) in [5, 5.41) is 23.5. The van der Waals surface area contributed by atoms with Crippen LogP contribution in [-0.2, 0) is 0 Å². The highest BCUT2D eigenvalue weighted by molar-refractivity contribution is 6.58. The molecule has 0 aromatic heterocycles. The van der Waals surface area contributed by atoms with Crippen LogP contribution in [0.3, 0.4) is 0 Å². The molecule has 0 bridgehead atoms. The van der Waals surface area contributed by atoms with Crippen LogP contribution in [0.4, 0.5) is 0 Å². The van der Waals surface area contributed by atoms with Gasteiger partial charge in [-0.05, 0) is 37.6 Å². The molecule has 0 atom stereocenters. The first kappa shape index (κ1) is 17.6. The molecule has 0 radical (unpaired) electrons. The van der Waals surface area contributed by atoms with Gasteiger partial charge < -0.3 is 20.7 Å². The number of hydrogen-bond donors (Lipinski definition) is 4. The van der Waals surface area contributed by atoms with Crippen LogP contribution in [0.25, 0.3) is 0 Å². The number of carbonyl (C=O) groups excluding carboxylic acids is 1. The quantitative estimate of drug-likeness (QED) is 0.553. The zero-order chi connectivity index (χ0) is 14.7. The number of carbonyl (C=O) groups is 1. The maximum absolute atomic E-state index is 11.3. The molecule has 1 amide bonds. The Morgan fingerprint density at radius 3 is 2.21 bits per heavy atom. The summed E-state index contributed by atoms with van der Waals surface area (Å²) in [7, 11) is -1.54. The van der Waals surface area contributed by atoms with Gasteiger partial charge in [-0.3, -0.25) is 4.79 Å². The molecule has 0 spiro atoms. The van der Waals surface area contributed by atoms with E-state index in [1.807, 2.05) is 6.92 Å². The highest BCUT2D eigenvalue weighted by atomic mass is 16.4. The van der Waals surface area contributed by atoms with Crippen molar-refractivity contribution in [2.75, 3.05) is 19.6 Å². The number of nitrogens with one attached hydrogen (secondary N) is 2. The van der Waals surface area contributed by atoms with E-state index in [0.717, 1.165) is 13.1 Å². The maximum atomic E-state index is 11.3. The highest BCUT2D eigenvalue weighted by Crippen LogP contribution is 1.96. The second-order valence-corrected chi connectivity index (χ2v) is 3.82. The summed E-state index contributed by atoms with van der Waals surface area (Å²) in [6, 6.07) is 6.24. The Morgan fingerprint density at radius 1 is 1.16 bits per heavy atom. The summed E-state index contributed by atoms with van der Waals surface area (Å²) in [5.74, 6) is -0.213. The lowest BCUT2D eigenvalue weighted by Crippen LogP contribution is -2.31. The third kappa shape index (κ3) is 7.61. The molecule has 19 heavy (non-hydrogen) atoms. The maximum Gasteiger partial charge on any atom is 0.488 e. The molecule has 4 N–H and O–H groups in total. The van der Waals surface area contributed by atoms with Crippen molar-refractivity contribution in [3.8, 4) is 0 Å². The largest absolute Gasteiger partial charge is 0.488 e. The lowest BCUT2D eigenvalue weighted by atomic mass is 9.79. The van der Waals surface area contributed by atoms with Crippen molar-refractivity contribution in [1.29, 1.82) is 0 Å². The van der Waals surface area contributed by atoms with Crippen LogP contribution in [0.15, 0.2) is 24.3 Å². The minimum absolute atomic E-state index is 0.213. The fourth-order valence-electron chi connectivity index (χ4n) is 1.35. The summed E-state index contributed by atoms with van der Waals surface area (Å²) in [5.41, 5.74) is 0.742. The van der Waals surface area contributed by atoms with Crippen LogP contribution in [0, 0.1) is 0 Å². The first-order chi connectivity index (χ1) is 9.06. The van der Waals surface area contributed by atoms with Crippen molar-refractivity contribution < 1.29 is 14.8 Å². The van der Waals surface area contributed by atoms with Gasteiger partial charge in [-0.25, -0.2) is 0 Å². The molecule has 0 saturated carbocycles. The van der Waals surface area contributed by atoms with Crippen molar-refractivity contribution >= 4 is 18.5 Å². The van der Waals surface area contributed by atoms with Gasteiger partial charge in [-0.1, -0.05) is 26.0 Å². The third-order valence-corrected chi connectivity index (χ3v) is 2.28. The van der Waals surface area contributed by atoms with Gasteiger partial charge in [-0.15, -0.1) is 0 Å². The number of hydrogen-bond acceptors (Lipinski definition) is 4. The second-order valence-electron chi connectivity index (χ2n) is 3.82. The van der Waals surface area contributed by atoms with E-state index in [-0.39, 0.29) is 5.91 Å². The van der Waals surface area contributed by atoms with Crippen LogP contribution in [0.2, 0.25) is 0 Å². The van der Waals surface area contributed by atoms with E-state index in [9.17, 15) is 4.79 Å². The zero-order valence-corrected chi connectivity index (χ0v) is 11.8. The van der Waals surface area contributed by atoms with Gasteiger partial charge >= 0.3 is 7.12 Å². The normalized spacial score (nSPS) is 9.32. The number of rotatable bonds is 5. The summed E-state index contributed by atoms with van der Waals surface area (Å²) in [6.45, 7) is 8.76. The Labute approximate surface area is 115 Å². The van der Waals surface area contributed by atoms with E-state index in [1.54, 1.807) is 18.2 Å². The zero-order valence-electron chi connectivity index (χ0n) is 11.8. The third-order valence-electron chi connectivity index (χ3n) is 2.28. The lowest BCUT2D eigenvalue weighted by Gasteiger charge is -2.04.